The fourth-order valence-corrected chi connectivity index (χ4v) is 3.68. The molecule has 7 atom stereocenters. The monoisotopic (exact) mass is 550 g/mol. The fraction of sp³-hybridized carbons (Fsp3) is 0.737. The van der Waals surface area contributed by atoms with Crippen LogP contribution in [0, 0.1) is 5.92 Å². The van der Waals surface area contributed by atoms with Crippen LogP contribution >= 0.6 is 11.8 Å². The number of hydrogen-bond donors (Lipinski definition) is 5. The Balaban J connectivity index is 0.000000681. The Bertz CT molecular complexity index is 726. The third kappa shape index (κ3) is 12.0. The summed E-state index contributed by atoms with van der Waals surface area (Å²) in [6, 6.07) is 0. The van der Waals surface area contributed by atoms with Crippen molar-refractivity contribution >= 4 is 41.9 Å². The second kappa shape index (κ2) is 17.9. The molecule has 0 aliphatic carbocycles. The van der Waals surface area contributed by atoms with Gasteiger partial charge >= 0.3 is 23.9 Å². The van der Waals surface area contributed by atoms with Gasteiger partial charge in [0.05, 0.1) is 11.9 Å². The molecule has 208 valence electrons. The van der Waals surface area contributed by atoms with E-state index in [4.69, 9.17) is 20.4 Å². The van der Waals surface area contributed by atoms with Crippen molar-refractivity contribution in [3.63, 3.8) is 0 Å². The Morgan fingerprint density at radius 1 is 0.944 bits per heavy atom. The summed E-state index contributed by atoms with van der Waals surface area (Å²) < 4.78 is 45.0. The maximum absolute atomic E-state index is 13.5. The smallest absolute Gasteiger partial charge is 0.332 e. The number of halogens is 2. The van der Waals surface area contributed by atoms with Crippen molar-refractivity contribution in [1.82, 2.24) is 0 Å². The summed E-state index contributed by atoms with van der Waals surface area (Å²) in [5, 5.41) is 42.3. The summed E-state index contributed by atoms with van der Waals surface area (Å²) in [5.74, 6) is -4.76. The summed E-state index contributed by atoms with van der Waals surface area (Å²) in [5.41, 5.74) is -1.40. The molecule has 1 fully saturated rings. The van der Waals surface area contributed by atoms with E-state index in [0.717, 1.165) is 11.8 Å². The first kappa shape index (κ1) is 33.6. The van der Waals surface area contributed by atoms with Crippen molar-refractivity contribution in [2.45, 2.75) is 42.2 Å². The molecule has 1 saturated heterocycles. The predicted molar refractivity (Wildman–Crippen MR) is 112 cm³/mol. The van der Waals surface area contributed by atoms with Crippen LogP contribution in [0.3, 0.4) is 0 Å². The zero-order valence-electron chi connectivity index (χ0n) is 18.9. The Morgan fingerprint density at radius 3 is 1.97 bits per heavy atom. The van der Waals surface area contributed by atoms with Gasteiger partial charge in [-0.25, -0.2) is 28.0 Å². The molecule has 0 amide bonds. The fourth-order valence-electron chi connectivity index (χ4n) is 2.51. The maximum Gasteiger partial charge on any atom is 0.332 e. The zero-order valence-corrected chi connectivity index (χ0v) is 19.8. The van der Waals surface area contributed by atoms with Crippen LogP contribution in [0.4, 0.5) is 8.78 Å². The topological polar surface area (TPSA) is 223 Å². The van der Waals surface area contributed by atoms with Crippen LogP contribution in [-0.2, 0) is 42.9 Å². The normalized spacial score (nSPS) is 23.2. The zero-order chi connectivity index (χ0) is 27.8. The number of alkyl halides is 2. The molecule has 14 nitrogen and oxygen atoms in total. The van der Waals surface area contributed by atoms with Crippen molar-refractivity contribution in [3.8, 4) is 0 Å². The molecule has 0 aromatic rings. The molecule has 1 aliphatic heterocycles. The molecule has 0 radical (unpaired) electrons. The Kier molecular flexibility index (Phi) is 16.7. The van der Waals surface area contributed by atoms with Crippen molar-refractivity contribution in [2.75, 3.05) is 39.6 Å². The number of aldehydes is 1. The first-order valence-electron chi connectivity index (χ1n) is 10.2. The summed E-state index contributed by atoms with van der Waals surface area (Å²) in [7, 11) is 0. The third-order valence-corrected chi connectivity index (χ3v) is 5.53. The minimum Gasteiger partial charge on any atom is -0.464 e. The van der Waals surface area contributed by atoms with Gasteiger partial charge in [0, 0.05) is 5.92 Å². The number of thioether (sulfide) groups is 1. The molecule has 0 saturated carbocycles. The van der Waals surface area contributed by atoms with E-state index in [1.54, 1.807) is 0 Å². The van der Waals surface area contributed by atoms with E-state index in [0.29, 0.717) is 0 Å². The molecular formula is C19H28F2O14S. The minimum absolute atomic E-state index is 0.0559. The van der Waals surface area contributed by atoms with Gasteiger partial charge in [-0.2, -0.15) is 0 Å². The molecular weight excluding hydrogens is 522 g/mol. The van der Waals surface area contributed by atoms with Gasteiger partial charge in [0.25, 0.3) is 0 Å². The van der Waals surface area contributed by atoms with Gasteiger partial charge in [0.2, 0.25) is 0 Å². The van der Waals surface area contributed by atoms with E-state index in [1.807, 2.05) is 0 Å². The number of rotatable bonds is 13. The van der Waals surface area contributed by atoms with Gasteiger partial charge < -0.3 is 44.5 Å². The Hall–Kier alpha value is -2.44. The molecule has 0 aromatic heterocycles. The number of aliphatic hydroxyl groups excluding tert-OH is 5. The lowest BCUT2D eigenvalue weighted by Gasteiger charge is -2.23. The lowest BCUT2D eigenvalue weighted by atomic mass is 10.0. The van der Waals surface area contributed by atoms with Gasteiger partial charge in [-0.1, -0.05) is 6.92 Å². The van der Waals surface area contributed by atoms with Crippen LogP contribution in [0.5, 0.6) is 0 Å². The van der Waals surface area contributed by atoms with Gasteiger partial charge in [0.15, 0.2) is 24.7 Å². The highest BCUT2D eigenvalue weighted by Gasteiger charge is 2.47. The Morgan fingerprint density at radius 2 is 1.47 bits per heavy atom. The molecule has 36 heavy (non-hydrogen) atoms. The quantitative estimate of drug-likeness (QED) is 0.0865. The summed E-state index contributed by atoms with van der Waals surface area (Å²) in [6.45, 7) is -2.78. The summed E-state index contributed by atoms with van der Waals surface area (Å²) >= 11 is 0.750. The van der Waals surface area contributed by atoms with E-state index in [-0.39, 0.29) is 19.5 Å². The van der Waals surface area contributed by atoms with E-state index >= 15 is 0 Å². The van der Waals surface area contributed by atoms with Crippen LogP contribution in [0.15, 0.2) is 0 Å². The van der Waals surface area contributed by atoms with E-state index in [2.05, 4.69) is 18.9 Å². The lowest BCUT2D eigenvalue weighted by molar-refractivity contribution is -0.163. The largest absolute Gasteiger partial charge is 0.464 e. The van der Waals surface area contributed by atoms with Crippen LogP contribution in [0.25, 0.3) is 0 Å². The number of esters is 4. The predicted octanol–water partition coefficient (Wildman–Crippen LogP) is -3.20. The number of hydrogen-bond acceptors (Lipinski definition) is 15. The molecule has 17 heteroatoms. The van der Waals surface area contributed by atoms with Gasteiger partial charge in [0.1, 0.15) is 44.6 Å². The number of carbonyl (C=O) groups excluding carboxylic acids is 5. The molecule has 0 spiro atoms. The standard InChI is InChI=1S/C10H15FO7.C9H13FO7S/c1-6(5-17-8(15)3-13)10(7(11)2-12)18-9(16)4-14;10-7-8(17-6(14)2-12)4(18-9(7)15)3-16-5(13)1-11/h2,6-7,10,13-14H,3-5H2,1H3;4,7-9,11-12,15H,1-3H2/t6-,7+,10+;4-,7+,8-,9?/m01/s1. The number of ether oxygens (including phenoxy) is 4. The second-order valence-electron chi connectivity index (χ2n) is 6.97. The lowest BCUT2D eigenvalue weighted by Crippen LogP contribution is -2.38. The number of carbonyl (C=O) groups is 5. The molecule has 1 aliphatic rings. The molecule has 5 N–H and O–H groups in total. The van der Waals surface area contributed by atoms with Gasteiger partial charge in [-0.15, -0.1) is 11.8 Å². The number of aliphatic hydroxyl groups is 5. The van der Waals surface area contributed by atoms with E-state index in [1.165, 1.54) is 6.92 Å². The molecule has 0 bridgehead atoms. The van der Waals surface area contributed by atoms with Crippen molar-refractivity contribution in [3.05, 3.63) is 0 Å². The highest BCUT2D eigenvalue weighted by atomic mass is 32.2. The van der Waals surface area contributed by atoms with Crippen molar-refractivity contribution in [2.24, 2.45) is 5.92 Å². The summed E-state index contributed by atoms with van der Waals surface area (Å²) in [4.78, 5) is 53.5. The second-order valence-corrected chi connectivity index (χ2v) is 8.34. The molecule has 1 unspecified atom stereocenters. The first-order valence-corrected chi connectivity index (χ1v) is 11.1. The van der Waals surface area contributed by atoms with Crippen LogP contribution in [0.2, 0.25) is 0 Å². The highest BCUT2D eigenvalue weighted by Crippen LogP contribution is 2.37. The average molecular weight is 550 g/mol. The van der Waals surface area contributed by atoms with Crippen molar-refractivity contribution in [1.29, 1.82) is 0 Å². The molecule has 0 aromatic carbocycles. The molecule has 1 rings (SSSR count). The average Bonchev–Trinajstić information content (AvgIpc) is 3.15. The summed E-state index contributed by atoms with van der Waals surface area (Å²) in [6.07, 6.45) is -6.75. The molecule has 1 heterocycles. The maximum atomic E-state index is 13.5. The van der Waals surface area contributed by atoms with Crippen molar-refractivity contribution < 1.29 is 77.2 Å². The van der Waals surface area contributed by atoms with E-state index < -0.39 is 91.5 Å². The first-order chi connectivity index (χ1) is 16.9. The van der Waals surface area contributed by atoms with E-state index in [9.17, 15) is 37.9 Å². The minimum atomic E-state index is -2.09. The van der Waals surface area contributed by atoms with Crippen LogP contribution in [0.1, 0.15) is 6.92 Å². The third-order valence-electron chi connectivity index (χ3n) is 4.24. The SMILES string of the molecule is C[C@@H](COC(=O)CO)[C@@H](OC(=O)CO)[C@H](F)C=O.O=C(CO)OC[C@H]1SC(O)[C@@H](F)[C@@H]1OC(=O)CO. The highest BCUT2D eigenvalue weighted by molar-refractivity contribution is 8.00. The van der Waals surface area contributed by atoms with Crippen LogP contribution in [-0.4, -0.2) is 131 Å². The van der Waals surface area contributed by atoms with Crippen LogP contribution < -0.4 is 0 Å². The van der Waals surface area contributed by atoms with Gasteiger partial charge in [-0.3, -0.25) is 4.79 Å². The van der Waals surface area contributed by atoms with Gasteiger partial charge in [-0.05, 0) is 0 Å². The Labute approximate surface area is 207 Å².